The predicted molar refractivity (Wildman–Crippen MR) is 162 cm³/mol. The molecule has 3 rings (SSSR count). The highest BCUT2D eigenvalue weighted by molar-refractivity contribution is 5.67. The van der Waals surface area contributed by atoms with Crippen LogP contribution in [0.4, 0.5) is 10.1 Å². The van der Waals surface area contributed by atoms with Crippen molar-refractivity contribution in [1.29, 1.82) is 0 Å². The number of nitrogens with two attached hydrogens (primary N) is 1. The summed E-state index contributed by atoms with van der Waals surface area (Å²) in [6.07, 6.45) is 11.9. The molecule has 1 aliphatic rings. The smallest absolute Gasteiger partial charge is 0.123 e. The van der Waals surface area contributed by atoms with E-state index in [1.165, 1.54) is 37.0 Å². The Bertz CT molecular complexity index is 987. The Hall–Kier alpha value is -3.16. The van der Waals surface area contributed by atoms with Gasteiger partial charge in [-0.25, -0.2) is 4.39 Å². The van der Waals surface area contributed by atoms with Crippen LogP contribution in [-0.4, -0.2) is 57.1 Å². The number of methoxy groups -OCH3 is 1. The first-order valence-electron chi connectivity index (χ1n) is 13.8. The molecule has 1 atom stereocenters. The third-order valence-corrected chi connectivity index (χ3v) is 6.91. The van der Waals surface area contributed by atoms with E-state index >= 15 is 0 Å². The summed E-state index contributed by atoms with van der Waals surface area (Å²) >= 11 is 0. The topological polar surface area (TPSA) is 87.8 Å². The van der Waals surface area contributed by atoms with Crippen molar-refractivity contribution in [2.75, 3.05) is 46.1 Å². The second-order valence-electron chi connectivity index (χ2n) is 9.77. The molecule has 1 aliphatic heterocycles. The number of ether oxygens (including phenoxy) is 1. The summed E-state index contributed by atoms with van der Waals surface area (Å²) in [6.45, 7) is 10.9. The lowest BCUT2D eigenvalue weighted by Crippen LogP contribution is -2.33. The molecule has 1 fully saturated rings. The minimum absolute atomic E-state index is 0.193. The van der Waals surface area contributed by atoms with E-state index in [9.17, 15) is 9.50 Å². The molecule has 4 N–H and O–H groups in total. The van der Waals surface area contributed by atoms with E-state index in [-0.39, 0.29) is 11.6 Å². The number of halogens is 1. The number of rotatable bonds is 11. The molecule has 0 radical (unpaired) electrons. The third-order valence-electron chi connectivity index (χ3n) is 6.91. The zero-order chi connectivity index (χ0) is 29.0. The molecule has 2 aromatic rings. The molecule has 1 unspecified atom stereocenters. The van der Waals surface area contributed by atoms with Crippen LogP contribution in [0.3, 0.4) is 0 Å². The first-order chi connectivity index (χ1) is 18.9. The van der Waals surface area contributed by atoms with Crippen LogP contribution in [-0.2, 0) is 9.53 Å². The number of aromatic hydroxyl groups is 1. The van der Waals surface area contributed by atoms with Crippen LogP contribution < -0.4 is 11.1 Å². The summed E-state index contributed by atoms with van der Waals surface area (Å²) in [7, 11) is 3.65. The van der Waals surface area contributed by atoms with Gasteiger partial charge in [0.25, 0.3) is 0 Å². The molecular weight excluding hydrogens is 493 g/mol. The van der Waals surface area contributed by atoms with Gasteiger partial charge in [0.15, 0.2) is 0 Å². The van der Waals surface area contributed by atoms with Gasteiger partial charge < -0.3 is 30.6 Å². The van der Waals surface area contributed by atoms with Gasteiger partial charge >= 0.3 is 0 Å². The Morgan fingerprint density at radius 3 is 2.46 bits per heavy atom. The standard InChI is InChI=1S/C16H22FNO.C15H24N2O.CH2O/c1-3-18-10-8-14(9-11-18)16(12-19-2)13-4-6-15(17)7-5-13;1-12(5-3-4-10-17-2)6-7-13-11-14(18)8-9-15(13)16;1-2/h4-7,12,14H,3,8-11H2,1-2H3;6-9,11-12,17-18H,3-5,10,16H2,1-2H3;1H2/b16-12+;;. The predicted octanol–water partition coefficient (Wildman–Crippen LogP) is 6.37. The van der Waals surface area contributed by atoms with Crippen molar-refractivity contribution in [2.24, 2.45) is 11.8 Å². The summed E-state index contributed by atoms with van der Waals surface area (Å²) in [6, 6.07) is 11.7. The van der Waals surface area contributed by atoms with Crippen molar-refractivity contribution >= 4 is 24.1 Å². The lowest BCUT2D eigenvalue weighted by Gasteiger charge is -2.32. The minimum atomic E-state index is -0.193. The highest BCUT2D eigenvalue weighted by atomic mass is 19.1. The average molecular weight is 542 g/mol. The Labute approximate surface area is 234 Å². The number of nitrogens with one attached hydrogen (secondary N) is 1. The number of anilines is 1. The lowest BCUT2D eigenvalue weighted by molar-refractivity contribution is -0.0980. The molecule has 0 saturated carbocycles. The van der Waals surface area contributed by atoms with Crippen molar-refractivity contribution in [2.45, 2.75) is 46.0 Å². The van der Waals surface area contributed by atoms with E-state index in [0.29, 0.717) is 17.5 Å². The number of likely N-dealkylation sites (tertiary alicyclic amines) is 1. The van der Waals surface area contributed by atoms with Gasteiger partial charge in [-0.05, 0) is 112 Å². The molecule has 0 aliphatic carbocycles. The van der Waals surface area contributed by atoms with Crippen LogP contribution >= 0.6 is 0 Å². The first kappa shape index (κ1) is 33.9. The number of phenolic OH excluding ortho intramolecular Hbond substituents is 1. The van der Waals surface area contributed by atoms with Gasteiger partial charge in [-0.2, -0.15) is 0 Å². The summed E-state index contributed by atoms with van der Waals surface area (Å²) in [4.78, 5) is 10.5. The van der Waals surface area contributed by atoms with E-state index < -0.39 is 0 Å². The molecule has 0 aromatic heterocycles. The van der Waals surface area contributed by atoms with Crippen LogP contribution in [0.25, 0.3) is 11.6 Å². The van der Waals surface area contributed by atoms with Crippen LogP contribution in [0.15, 0.2) is 54.8 Å². The number of carbonyl (C=O) groups excluding carboxylic acids is 1. The fourth-order valence-electron chi connectivity index (χ4n) is 4.57. The van der Waals surface area contributed by atoms with Gasteiger partial charge in [-0.3, -0.25) is 0 Å². The van der Waals surface area contributed by atoms with Crippen molar-refractivity contribution < 1.29 is 19.0 Å². The quantitative estimate of drug-likeness (QED) is 0.133. The van der Waals surface area contributed by atoms with Crippen molar-refractivity contribution in [1.82, 2.24) is 10.2 Å². The highest BCUT2D eigenvalue weighted by Gasteiger charge is 2.22. The number of hydrogen-bond acceptors (Lipinski definition) is 6. The summed E-state index contributed by atoms with van der Waals surface area (Å²) in [5.41, 5.74) is 9.69. The number of benzene rings is 2. The van der Waals surface area contributed by atoms with E-state index in [1.54, 1.807) is 25.3 Å². The second kappa shape index (κ2) is 19.8. The number of nitrogen functional groups attached to an aromatic ring is 1. The summed E-state index contributed by atoms with van der Waals surface area (Å²) in [5.74, 6) is 1.10. The number of nitrogens with zero attached hydrogens (tertiary/aromatic N) is 1. The summed E-state index contributed by atoms with van der Waals surface area (Å²) in [5, 5.41) is 12.6. The number of hydrogen-bond donors (Lipinski definition) is 3. The number of piperidine rings is 1. The normalized spacial score (nSPS) is 15.2. The van der Waals surface area contributed by atoms with Gasteiger partial charge in [0.1, 0.15) is 18.4 Å². The van der Waals surface area contributed by atoms with E-state index in [2.05, 4.69) is 30.1 Å². The van der Waals surface area contributed by atoms with Crippen LogP contribution in [0.5, 0.6) is 5.75 Å². The largest absolute Gasteiger partial charge is 0.508 e. The number of allylic oxidation sites excluding steroid dienone is 2. The molecule has 39 heavy (non-hydrogen) atoms. The second-order valence-corrected chi connectivity index (χ2v) is 9.77. The van der Waals surface area contributed by atoms with Gasteiger partial charge in [0.05, 0.1) is 13.4 Å². The number of carbonyl (C=O) groups is 1. The minimum Gasteiger partial charge on any atom is -0.508 e. The lowest BCUT2D eigenvalue weighted by atomic mass is 9.86. The zero-order valence-electron chi connectivity index (χ0n) is 24.2. The first-order valence-corrected chi connectivity index (χ1v) is 13.8. The number of unbranched alkanes of at least 4 members (excludes halogenated alkanes) is 1. The molecule has 1 saturated heterocycles. The third kappa shape index (κ3) is 13.0. The summed E-state index contributed by atoms with van der Waals surface area (Å²) < 4.78 is 18.2. The van der Waals surface area contributed by atoms with Crippen LogP contribution in [0, 0.1) is 17.7 Å². The van der Waals surface area contributed by atoms with Crippen molar-refractivity contribution in [3.8, 4) is 5.75 Å². The molecule has 7 heteroatoms. The fraction of sp³-hybridized carbons (Fsp3) is 0.469. The van der Waals surface area contributed by atoms with Crippen molar-refractivity contribution in [3.05, 3.63) is 71.7 Å². The molecular formula is C32H48FN3O3. The molecule has 0 amide bonds. The Morgan fingerprint density at radius 2 is 1.87 bits per heavy atom. The van der Waals surface area contributed by atoms with Crippen molar-refractivity contribution in [3.63, 3.8) is 0 Å². The van der Waals surface area contributed by atoms with E-state index in [0.717, 1.165) is 50.1 Å². The maximum atomic E-state index is 13.0. The Morgan fingerprint density at radius 1 is 1.21 bits per heavy atom. The molecule has 6 nitrogen and oxygen atoms in total. The van der Waals surface area contributed by atoms with E-state index in [1.807, 2.05) is 38.3 Å². The molecule has 0 spiro atoms. The zero-order valence-corrected chi connectivity index (χ0v) is 24.2. The maximum Gasteiger partial charge on any atom is 0.123 e. The molecule has 2 aromatic carbocycles. The van der Waals surface area contributed by atoms with Crippen LogP contribution in [0.2, 0.25) is 0 Å². The van der Waals surface area contributed by atoms with Gasteiger partial charge in [0, 0.05) is 11.3 Å². The van der Waals surface area contributed by atoms with Gasteiger partial charge in [0.2, 0.25) is 0 Å². The van der Waals surface area contributed by atoms with Crippen LogP contribution in [0.1, 0.15) is 57.1 Å². The monoisotopic (exact) mass is 541 g/mol. The Balaban J connectivity index is 0.000000367. The maximum absolute atomic E-state index is 13.0. The molecule has 216 valence electrons. The average Bonchev–Trinajstić information content (AvgIpc) is 2.96. The molecule has 0 bridgehead atoms. The highest BCUT2D eigenvalue weighted by Crippen LogP contribution is 2.32. The fourth-order valence-corrected chi connectivity index (χ4v) is 4.57. The van der Waals surface area contributed by atoms with E-state index in [4.69, 9.17) is 15.3 Å². The van der Waals surface area contributed by atoms with Gasteiger partial charge in [-0.15, -0.1) is 0 Å². The van der Waals surface area contributed by atoms with Gasteiger partial charge in [-0.1, -0.05) is 44.6 Å². The Kier molecular flexibility index (Phi) is 17.2. The SMILES string of the molecule is C=O.CCN1CCC(/C(=C/OC)c2ccc(F)cc2)CC1.CNCCCCC(C)C=Cc1cc(O)ccc1N. The molecule has 1 heterocycles. The number of phenols is 1.